The van der Waals surface area contributed by atoms with Crippen LogP contribution in [0.2, 0.25) is 0 Å². The summed E-state index contributed by atoms with van der Waals surface area (Å²) in [5, 5.41) is 22.1. The Hall–Kier alpha value is -4.22. The quantitative estimate of drug-likeness (QED) is 0.318. The molecule has 2 aromatic carbocycles. The van der Waals surface area contributed by atoms with Gasteiger partial charge in [-0.1, -0.05) is 0 Å². The van der Waals surface area contributed by atoms with E-state index >= 15 is 0 Å². The summed E-state index contributed by atoms with van der Waals surface area (Å²) in [7, 11) is 2.55. The van der Waals surface area contributed by atoms with Crippen LogP contribution in [0, 0.1) is 20.2 Å². The summed E-state index contributed by atoms with van der Waals surface area (Å²) in [5.41, 5.74) is -0.623. The molecule has 2 rings (SSSR count). The van der Waals surface area contributed by atoms with Crippen molar-refractivity contribution < 1.29 is 38.4 Å². The minimum Gasteiger partial charge on any atom is -0.493 e. The lowest BCUT2D eigenvalue weighted by molar-refractivity contribution is -0.386. The van der Waals surface area contributed by atoms with Gasteiger partial charge in [0.2, 0.25) is 6.10 Å². The molecule has 0 aliphatic carbocycles. The first kappa shape index (κ1) is 22.1. The molecule has 12 heteroatoms. The number of non-ortho nitro benzene ring substituents is 1. The number of nitro groups is 2. The molecule has 1 unspecified atom stereocenters. The molecule has 2 aromatic rings. The van der Waals surface area contributed by atoms with Gasteiger partial charge in [-0.3, -0.25) is 20.2 Å². The molecule has 0 saturated carbocycles. The average Bonchev–Trinajstić information content (AvgIpc) is 2.75. The molecule has 30 heavy (non-hydrogen) atoms. The van der Waals surface area contributed by atoms with Crippen molar-refractivity contribution in [1.29, 1.82) is 0 Å². The van der Waals surface area contributed by atoms with Crippen molar-refractivity contribution >= 4 is 23.8 Å². The molecule has 1 atom stereocenters. The van der Waals surface area contributed by atoms with E-state index in [1.165, 1.54) is 38.5 Å². The molecule has 0 aliphatic heterocycles. The number of hydrogen-bond donors (Lipinski definition) is 0. The van der Waals surface area contributed by atoms with Crippen LogP contribution in [0.4, 0.5) is 11.4 Å². The SMILES string of the molecule is COc1cc(C(O[C]=O)C(=O)OCc2ccc([N+](=O)[O-])cc2)c([N+](=O)[O-])cc1OC. The Morgan fingerprint density at radius 3 is 2.13 bits per heavy atom. The van der Waals surface area contributed by atoms with Crippen molar-refractivity contribution in [3.63, 3.8) is 0 Å². The monoisotopic (exact) mass is 419 g/mol. The average molecular weight is 419 g/mol. The predicted molar refractivity (Wildman–Crippen MR) is 98.6 cm³/mol. The first-order valence-electron chi connectivity index (χ1n) is 8.15. The summed E-state index contributed by atoms with van der Waals surface area (Å²) in [6, 6.07) is 7.30. The van der Waals surface area contributed by atoms with Gasteiger partial charge < -0.3 is 18.9 Å². The maximum absolute atomic E-state index is 12.5. The zero-order chi connectivity index (χ0) is 22.3. The molecular formula is C18H15N2O10. The Labute approximate surface area is 169 Å². The molecule has 0 fully saturated rings. The van der Waals surface area contributed by atoms with Crippen LogP contribution < -0.4 is 9.47 Å². The van der Waals surface area contributed by atoms with Gasteiger partial charge in [0.1, 0.15) is 6.61 Å². The third-order valence-electron chi connectivity index (χ3n) is 3.92. The second-order valence-corrected chi connectivity index (χ2v) is 5.64. The Balaban J connectivity index is 2.31. The maximum atomic E-state index is 12.5. The molecule has 0 saturated heterocycles. The molecule has 0 spiro atoms. The van der Waals surface area contributed by atoms with E-state index < -0.39 is 27.6 Å². The van der Waals surface area contributed by atoms with Crippen LogP contribution in [-0.2, 0) is 25.7 Å². The van der Waals surface area contributed by atoms with Crippen molar-refractivity contribution in [3.05, 3.63) is 67.8 Å². The lowest BCUT2D eigenvalue weighted by Crippen LogP contribution is -2.20. The summed E-state index contributed by atoms with van der Waals surface area (Å²) >= 11 is 0. The number of benzene rings is 2. The number of carbonyl (C=O) groups excluding carboxylic acids is 2. The van der Waals surface area contributed by atoms with Crippen molar-refractivity contribution in [2.24, 2.45) is 0 Å². The van der Waals surface area contributed by atoms with E-state index in [0.717, 1.165) is 18.6 Å². The highest BCUT2D eigenvalue weighted by Crippen LogP contribution is 2.38. The number of hydrogen-bond acceptors (Lipinski definition) is 10. The highest BCUT2D eigenvalue weighted by Gasteiger charge is 2.33. The number of nitrogens with zero attached hydrogens (tertiary/aromatic N) is 2. The summed E-state index contributed by atoms with van der Waals surface area (Å²) in [4.78, 5) is 44.0. The number of rotatable bonds is 10. The van der Waals surface area contributed by atoms with E-state index in [1.807, 2.05) is 0 Å². The van der Waals surface area contributed by atoms with Crippen LogP contribution in [-0.4, -0.2) is 36.5 Å². The molecular weight excluding hydrogens is 404 g/mol. The first-order chi connectivity index (χ1) is 14.3. The van der Waals surface area contributed by atoms with Crippen LogP contribution in [0.3, 0.4) is 0 Å². The lowest BCUT2D eigenvalue weighted by Gasteiger charge is -2.16. The minimum absolute atomic E-state index is 0.0287. The van der Waals surface area contributed by atoms with Crippen molar-refractivity contribution in [2.45, 2.75) is 12.7 Å². The fourth-order valence-corrected chi connectivity index (χ4v) is 2.48. The second kappa shape index (κ2) is 9.82. The number of methoxy groups -OCH3 is 2. The molecule has 1 radical (unpaired) electrons. The Kier molecular flexibility index (Phi) is 7.22. The normalized spacial score (nSPS) is 11.1. The van der Waals surface area contributed by atoms with Crippen LogP contribution >= 0.6 is 0 Å². The van der Waals surface area contributed by atoms with E-state index in [1.54, 1.807) is 0 Å². The van der Waals surface area contributed by atoms with Crippen LogP contribution in [0.5, 0.6) is 11.5 Å². The fraction of sp³-hybridized carbons (Fsp3) is 0.222. The Morgan fingerprint density at radius 2 is 1.63 bits per heavy atom. The summed E-state index contributed by atoms with van der Waals surface area (Å²) < 4.78 is 19.8. The summed E-state index contributed by atoms with van der Waals surface area (Å²) in [5.74, 6) is -1.03. The van der Waals surface area contributed by atoms with Gasteiger partial charge in [-0.2, -0.15) is 0 Å². The predicted octanol–water partition coefficient (Wildman–Crippen LogP) is 2.39. The third-order valence-corrected chi connectivity index (χ3v) is 3.92. The van der Waals surface area contributed by atoms with E-state index in [2.05, 4.69) is 4.74 Å². The number of ether oxygens (including phenoxy) is 4. The smallest absolute Gasteiger partial charge is 0.418 e. The minimum atomic E-state index is -1.80. The van der Waals surface area contributed by atoms with E-state index in [4.69, 9.17) is 14.2 Å². The van der Waals surface area contributed by atoms with E-state index in [-0.39, 0.29) is 29.4 Å². The topological polar surface area (TPSA) is 157 Å². The standard InChI is InChI=1S/C18H15N2O10/c1-27-15-7-13(14(20(25)26)8-16(15)28-2)17(30-10-21)18(22)29-9-11-3-5-12(6-4-11)19(23)24/h3-8,17H,9H2,1-2H3. The number of carbonyl (C=O) groups is 1. The summed E-state index contributed by atoms with van der Waals surface area (Å²) in [6.45, 7) is 0.754. The highest BCUT2D eigenvalue weighted by atomic mass is 16.6. The van der Waals surface area contributed by atoms with Crippen molar-refractivity contribution in [1.82, 2.24) is 0 Å². The van der Waals surface area contributed by atoms with Crippen molar-refractivity contribution in [3.8, 4) is 11.5 Å². The van der Waals surface area contributed by atoms with Gasteiger partial charge in [-0.25, -0.2) is 9.59 Å². The van der Waals surface area contributed by atoms with Crippen molar-refractivity contribution in [2.75, 3.05) is 14.2 Å². The van der Waals surface area contributed by atoms with Gasteiger partial charge in [-0.15, -0.1) is 0 Å². The van der Waals surface area contributed by atoms with Gasteiger partial charge in [-0.05, 0) is 23.8 Å². The van der Waals surface area contributed by atoms with Crippen LogP contribution in [0.1, 0.15) is 17.2 Å². The highest BCUT2D eigenvalue weighted by molar-refractivity contribution is 5.80. The first-order valence-corrected chi connectivity index (χ1v) is 8.15. The third kappa shape index (κ3) is 4.98. The molecule has 0 aromatic heterocycles. The number of esters is 1. The largest absolute Gasteiger partial charge is 0.493 e. The second-order valence-electron chi connectivity index (χ2n) is 5.64. The zero-order valence-electron chi connectivity index (χ0n) is 15.7. The number of nitro benzene ring substituents is 2. The maximum Gasteiger partial charge on any atom is 0.418 e. The Morgan fingerprint density at radius 1 is 1.03 bits per heavy atom. The van der Waals surface area contributed by atoms with Gasteiger partial charge in [0.25, 0.3) is 11.4 Å². The van der Waals surface area contributed by atoms with Crippen LogP contribution in [0.15, 0.2) is 36.4 Å². The van der Waals surface area contributed by atoms with Gasteiger partial charge >= 0.3 is 12.4 Å². The molecule has 0 amide bonds. The van der Waals surface area contributed by atoms with E-state index in [9.17, 15) is 29.8 Å². The molecule has 12 nitrogen and oxygen atoms in total. The molecule has 0 N–H and O–H groups in total. The molecule has 0 aliphatic rings. The van der Waals surface area contributed by atoms with E-state index in [0.29, 0.717) is 5.56 Å². The van der Waals surface area contributed by atoms with Gasteiger partial charge in [0.15, 0.2) is 11.5 Å². The molecule has 0 bridgehead atoms. The zero-order valence-corrected chi connectivity index (χ0v) is 15.7. The lowest BCUT2D eigenvalue weighted by atomic mass is 10.1. The van der Waals surface area contributed by atoms with Gasteiger partial charge in [0.05, 0.1) is 35.7 Å². The molecule has 157 valence electrons. The fourth-order valence-electron chi connectivity index (χ4n) is 2.48. The van der Waals surface area contributed by atoms with Crippen LogP contribution in [0.25, 0.3) is 0 Å². The van der Waals surface area contributed by atoms with Gasteiger partial charge in [0, 0.05) is 12.1 Å². The summed E-state index contributed by atoms with van der Waals surface area (Å²) in [6.07, 6.45) is -1.80. The Bertz CT molecular complexity index is 958. The molecule has 0 heterocycles.